The summed E-state index contributed by atoms with van der Waals surface area (Å²) in [6.07, 6.45) is 0. The maximum atomic E-state index is 11.3. The number of carboxylic acids is 1. The summed E-state index contributed by atoms with van der Waals surface area (Å²) in [6, 6.07) is 19.8. The molecule has 4 aromatic rings. The van der Waals surface area contributed by atoms with E-state index in [1.165, 1.54) is 6.07 Å². The van der Waals surface area contributed by atoms with Crippen molar-refractivity contribution >= 4 is 5.97 Å². The Hall–Kier alpha value is -4.13. The molecule has 0 bridgehead atoms. The minimum absolute atomic E-state index is 0.0864. The van der Waals surface area contributed by atoms with E-state index in [2.05, 4.69) is 10.1 Å². The molecule has 7 heteroatoms. The van der Waals surface area contributed by atoms with Crippen molar-refractivity contribution in [3.05, 3.63) is 78.4 Å². The molecule has 2 N–H and O–H groups in total. The van der Waals surface area contributed by atoms with E-state index in [0.717, 1.165) is 0 Å². The third-order valence-corrected chi connectivity index (χ3v) is 4.00. The number of phenolic OH excluding ortho intramolecular Hbond substituents is 1. The maximum absolute atomic E-state index is 11.3. The van der Waals surface area contributed by atoms with Crippen LogP contribution in [0.3, 0.4) is 0 Å². The lowest BCUT2D eigenvalue weighted by molar-refractivity contribution is 0.0694. The average molecular weight is 374 g/mol. The third-order valence-electron chi connectivity index (χ3n) is 4.00. The number of carbonyl (C=O) groups is 1. The molecule has 7 nitrogen and oxygen atoms in total. The van der Waals surface area contributed by atoms with Gasteiger partial charge >= 0.3 is 5.97 Å². The van der Waals surface area contributed by atoms with Crippen LogP contribution in [0.15, 0.2) is 77.3 Å². The highest BCUT2D eigenvalue weighted by molar-refractivity contribution is 5.90. The molecular formula is C21H14N2O5. The molecule has 0 radical (unpaired) electrons. The minimum atomic E-state index is -1.05. The number of aromatic carboxylic acids is 1. The number of hydrogen-bond acceptors (Lipinski definition) is 6. The van der Waals surface area contributed by atoms with Gasteiger partial charge in [0.1, 0.15) is 22.8 Å². The van der Waals surface area contributed by atoms with Crippen LogP contribution in [-0.4, -0.2) is 26.3 Å². The average Bonchev–Trinajstić information content (AvgIpc) is 3.19. The molecule has 4 rings (SSSR count). The Labute approximate surface area is 159 Å². The number of aromatic nitrogens is 2. The number of benzene rings is 3. The van der Waals surface area contributed by atoms with Gasteiger partial charge in [0.05, 0.1) is 0 Å². The number of ether oxygens (including phenoxy) is 1. The summed E-state index contributed by atoms with van der Waals surface area (Å²) in [5, 5.41) is 22.6. The van der Waals surface area contributed by atoms with Crippen molar-refractivity contribution in [2.24, 2.45) is 0 Å². The first-order valence-corrected chi connectivity index (χ1v) is 8.34. The minimum Gasteiger partial charge on any atom is -0.508 e. The Balaban J connectivity index is 1.54. The molecule has 0 aliphatic carbocycles. The molecule has 138 valence electrons. The molecule has 0 fully saturated rings. The van der Waals surface area contributed by atoms with E-state index in [1.54, 1.807) is 66.7 Å². The van der Waals surface area contributed by atoms with Gasteiger partial charge in [0, 0.05) is 11.1 Å². The molecule has 0 aliphatic heterocycles. The Morgan fingerprint density at radius 3 is 2.29 bits per heavy atom. The zero-order chi connectivity index (χ0) is 19.5. The number of para-hydroxylation sites is 1. The normalized spacial score (nSPS) is 10.6. The predicted molar refractivity (Wildman–Crippen MR) is 100 cm³/mol. The lowest BCUT2D eigenvalue weighted by Crippen LogP contribution is -1.99. The lowest BCUT2D eigenvalue weighted by Gasteiger charge is -2.08. The Kier molecular flexibility index (Phi) is 4.47. The summed E-state index contributed by atoms with van der Waals surface area (Å²) in [7, 11) is 0. The summed E-state index contributed by atoms with van der Waals surface area (Å²) >= 11 is 0. The quantitative estimate of drug-likeness (QED) is 0.526. The molecule has 0 aliphatic rings. The second-order valence-corrected chi connectivity index (χ2v) is 5.90. The fourth-order valence-corrected chi connectivity index (χ4v) is 2.59. The van der Waals surface area contributed by atoms with Gasteiger partial charge in [0.15, 0.2) is 0 Å². The van der Waals surface area contributed by atoms with Gasteiger partial charge in [0.25, 0.3) is 5.89 Å². The highest BCUT2D eigenvalue weighted by Gasteiger charge is 2.13. The van der Waals surface area contributed by atoms with E-state index < -0.39 is 5.97 Å². The van der Waals surface area contributed by atoms with Gasteiger partial charge in [0.2, 0.25) is 5.82 Å². The number of aromatic hydroxyl groups is 1. The van der Waals surface area contributed by atoms with Gasteiger partial charge in [-0.2, -0.15) is 4.98 Å². The zero-order valence-corrected chi connectivity index (χ0v) is 14.4. The van der Waals surface area contributed by atoms with Gasteiger partial charge in [-0.05, 0) is 60.7 Å². The fourth-order valence-electron chi connectivity index (χ4n) is 2.59. The van der Waals surface area contributed by atoms with Crippen LogP contribution in [0.25, 0.3) is 22.8 Å². The van der Waals surface area contributed by atoms with E-state index in [4.69, 9.17) is 9.26 Å². The first-order valence-electron chi connectivity index (χ1n) is 8.34. The smallest absolute Gasteiger partial charge is 0.339 e. The van der Waals surface area contributed by atoms with Gasteiger partial charge in [-0.25, -0.2) is 4.79 Å². The molecule has 0 amide bonds. The van der Waals surface area contributed by atoms with Crippen LogP contribution < -0.4 is 4.74 Å². The number of nitrogens with zero attached hydrogens (tertiary/aromatic N) is 2. The number of rotatable bonds is 5. The number of carboxylic acid groups (broad SMARTS) is 1. The van der Waals surface area contributed by atoms with Crippen LogP contribution in [0, 0.1) is 0 Å². The summed E-state index contributed by atoms with van der Waals surface area (Å²) in [5.74, 6) is 0.590. The molecule has 0 saturated carbocycles. The summed E-state index contributed by atoms with van der Waals surface area (Å²) in [5.41, 5.74) is 1.50. The summed E-state index contributed by atoms with van der Waals surface area (Å²) in [6.45, 7) is 0. The van der Waals surface area contributed by atoms with Gasteiger partial charge < -0.3 is 19.5 Å². The SMILES string of the molecule is O=C(O)c1ccccc1Oc1ccc(-c2noc(-c3ccc(O)cc3)n2)cc1. The molecule has 28 heavy (non-hydrogen) atoms. The molecule has 1 heterocycles. The van der Waals surface area contributed by atoms with Crippen molar-refractivity contribution in [2.45, 2.75) is 0 Å². The molecule has 0 unspecified atom stereocenters. The third kappa shape index (κ3) is 3.54. The van der Waals surface area contributed by atoms with Crippen molar-refractivity contribution in [1.82, 2.24) is 10.1 Å². The van der Waals surface area contributed by atoms with Crippen molar-refractivity contribution in [3.8, 4) is 40.1 Å². The second-order valence-electron chi connectivity index (χ2n) is 5.90. The van der Waals surface area contributed by atoms with Gasteiger partial charge in [-0.1, -0.05) is 17.3 Å². The largest absolute Gasteiger partial charge is 0.508 e. The van der Waals surface area contributed by atoms with Crippen LogP contribution in [0.1, 0.15) is 10.4 Å². The number of hydrogen-bond donors (Lipinski definition) is 2. The van der Waals surface area contributed by atoms with E-state index in [-0.39, 0.29) is 17.1 Å². The van der Waals surface area contributed by atoms with Crippen LogP contribution in [0.2, 0.25) is 0 Å². The predicted octanol–water partition coefficient (Wildman–Crippen LogP) is 4.60. The molecule has 0 spiro atoms. The summed E-state index contributed by atoms with van der Waals surface area (Å²) in [4.78, 5) is 15.6. The Morgan fingerprint density at radius 2 is 1.57 bits per heavy atom. The molecular weight excluding hydrogens is 360 g/mol. The lowest BCUT2D eigenvalue weighted by atomic mass is 10.2. The van der Waals surface area contributed by atoms with Crippen LogP contribution in [0.5, 0.6) is 17.2 Å². The standard InChI is InChI=1S/C21H14N2O5/c24-15-9-5-14(6-10-15)20-22-19(23-28-20)13-7-11-16(12-8-13)27-18-4-2-1-3-17(18)21(25)26/h1-12,24H,(H,25,26). The molecule has 1 aromatic heterocycles. The Morgan fingerprint density at radius 1 is 0.893 bits per heavy atom. The van der Waals surface area contributed by atoms with Crippen LogP contribution in [-0.2, 0) is 0 Å². The first-order chi connectivity index (χ1) is 13.6. The van der Waals surface area contributed by atoms with Gasteiger partial charge in [-0.3, -0.25) is 0 Å². The monoisotopic (exact) mass is 374 g/mol. The van der Waals surface area contributed by atoms with Gasteiger partial charge in [-0.15, -0.1) is 0 Å². The molecule has 3 aromatic carbocycles. The molecule has 0 atom stereocenters. The maximum Gasteiger partial charge on any atom is 0.339 e. The second kappa shape index (κ2) is 7.24. The van der Waals surface area contributed by atoms with Crippen LogP contribution >= 0.6 is 0 Å². The summed E-state index contributed by atoms with van der Waals surface area (Å²) < 4.78 is 11.0. The Bertz CT molecular complexity index is 1120. The topological polar surface area (TPSA) is 106 Å². The highest BCUT2D eigenvalue weighted by atomic mass is 16.5. The van der Waals surface area contributed by atoms with Crippen molar-refractivity contribution in [1.29, 1.82) is 0 Å². The zero-order valence-electron chi connectivity index (χ0n) is 14.4. The highest BCUT2D eigenvalue weighted by Crippen LogP contribution is 2.28. The van der Waals surface area contributed by atoms with E-state index >= 15 is 0 Å². The van der Waals surface area contributed by atoms with Crippen LogP contribution in [0.4, 0.5) is 0 Å². The fraction of sp³-hybridized carbons (Fsp3) is 0. The number of phenols is 1. The van der Waals surface area contributed by atoms with E-state index in [9.17, 15) is 15.0 Å². The van der Waals surface area contributed by atoms with Crippen molar-refractivity contribution in [2.75, 3.05) is 0 Å². The van der Waals surface area contributed by atoms with E-state index in [1.807, 2.05) is 0 Å². The van der Waals surface area contributed by atoms with E-state index in [0.29, 0.717) is 28.6 Å². The van der Waals surface area contributed by atoms with Crippen molar-refractivity contribution in [3.63, 3.8) is 0 Å². The van der Waals surface area contributed by atoms with Crippen molar-refractivity contribution < 1.29 is 24.3 Å². The molecule has 0 saturated heterocycles. The first kappa shape index (κ1) is 17.3.